The van der Waals surface area contributed by atoms with Gasteiger partial charge < -0.3 is 4.42 Å². The van der Waals surface area contributed by atoms with Gasteiger partial charge in [-0.15, -0.1) is 0 Å². The molecule has 2 radical (unpaired) electrons. The lowest BCUT2D eigenvalue weighted by Gasteiger charge is -1.76. The van der Waals surface area contributed by atoms with Gasteiger partial charge in [-0.1, -0.05) is 0 Å². The lowest BCUT2D eigenvalue weighted by atomic mass is 10.4. The zero-order chi connectivity index (χ0) is 6.15. The van der Waals surface area contributed by atoms with E-state index < -0.39 is 0 Å². The topological polar surface area (TPSA) is 26.0 Å². The quantitative estimate of drug-likeness (QED) is 0.502. The van der Waals surface area contributed by atoms with E-state index in [9.17, 15) is 0 Å². The average Bonchev–Trinajstić information content (AvgIpc) is 1.85. The van der Waals surface area contributed by atoms with Gasteiger partial charge in [-0.3, -0.25) is 0 Å². The summed E-state index contributed by atoms with van der Waals surface area (Å²) in [6.07, 6.45) is 0. The lowest BCUT2D eigenvalue weighted by Crippen LogP contribution is -1.71. The van der Waals surface area contributed by atoms with Crippen LogP contribution in [0.3, 0.4) is 0 Å². The largest absolute Gasteiger partial charge is 0.445 e. The zero-order valence-electron chi connectivity index (χ0n) is 4.93. The normalized spacial score (nSPS) is 9.88. The average molecular weight is 109 g/mol. The fourth-order valence-corrected chi connectivity index (χ4v) is 0.547. The Bertz CT molecular complexity index is 171. The zero-order valence-corrected chi connectivity index (χ0v) is 4.93. The highest BCUT2D eigenvalue weighted by Gasteiger charge is 1.97. The molecule has 0 aliphatic rings. The molecule has 2 heteroatoms. The summed E-state index contributed by atoms with van der Waals surface area (Å²) in [7, 11) is 0. The summed E-state index contributed by atoms with van der Waals surface area (Å²) in [4.78, 5) is 3.92. The van der Waals surface area contributed by atoms with Crippen LogP contribution in [-0.4, -0.2) is 4.98 Å². The summed E-state index contributed by atoms with van der Waals surface area (Å²) in [6.45, 7) is 8.89. The van der Waals surface area contributed by atoms with Gasteiger partial charge in [0.1, 0.15) is 5.76 Å². The number of hydrogen-bond donors (Lipinski definition) is 0. The molecule has 0 unspecified atom stereocenters. The van der Waals surface area contributed by atoms with Gasteiger partial charge in [-0.05, 0) is 6.92 Å². The number of aromatic nitrogens is 1. The molecule has 0 fully saturated rings. The lowest BCUT2D eigenvalue weighted by molar-refractivity contribution is 0.505. The third-order valence-corrected chi connectivity index (χ3v) is 0.939. The first-order valence-electron chi connectivity index (χ1n) is 2.39. The summed E-state index contributed by atoms with van der Waals surface area (Å²) in [5.74, 6) is 1.04. The van der Waals surface area contributed by atoms with E-state index >= 15 is 0 Å². The maximum absolute atomic E-state index is 5.31. The van der Waals surface area contributed by atoms with Crippen LogP contribution in [0, 0.1) is 20.8 Å². The Morgan fingerprint density at radius 2 is 2.12 bits per heavy atom. The molecule has 1 rings (SSSR count). The van der Waals surface area contributed by atoms with E-state index in [1.54, 1.807) is 6.92 Å². The van der Waals surface area contributed by atoms with Crippen LogP contribution in [0.5, 0.6) is 0 Å². The van der Waals surface area contributed by atoms with Crippen molar-refractivity contribution in [3.8, 4) is 0 Å². The minimum absolute atomic E-state index is 0.419. The summed E-state index contributed by atoms with van der Waals surface area (Å²) in [6, 6.07) is 0. The van der Waals surface area contributed by atoms with Crippen LogP contribution in [0.1, 0.15) is 17.3 Å². The molecule has 0 spiro atoms. The molecule has 1 aromatic rings. The highest BCUT2D eigenvalue weighted by Crippen LogP contribution is 2.05. The van der Waals surface area contributed by atoms with Gasteiger partial charge in [0.2, 0.25) is 0 Å². The van der Waals surface area contributed by atoms with E-state index in [0.29, 0.717) is 11.7 Å². The smallest absolute Gasteiger partial charge is 0.191 e. The van der Waals surface area contributed by atoms with Crippen LogP contribution in [0.2, 0.25) is 0 Å². The van der Waals surface area contributed by atoms with Crippen molar-refractivity contribution in [1.82, 2.24) is 4.98 Å². The first-order chi connectivity index (χ1) is 3.70. The standard InChI is InChI=1S/C6H7NO/c1-4-5(2)8-6(3)7-4/h2H,1,3H3. The third kappa shape index (κ3) is 0.735. The summed E-state index contributed by atoms with van der Waals surface area (Å²) in [5, 5.41) is 0. The molecule has 0 saturated carbocycles. The summed E-state index contributed by atoms with van der Waals surface area (Å²) < 4.78 is 4.88. The molecule has 0 N–H and O–H groups in total. The highest BCUT2D eigenvalue weighted by molar-refractivity contribution is 5.09. The molecule has 0 bridgehead atoms. The van der Waals surface area contributed by atoms with Crippen LogP contribution in [0.25, 0.3) is 0 Å². The summed E-state index contributed by atoms with van der Waals surface area (Å²) >= 11 is 0. The Morgan fingerprint density at radius 3 is 2.25 bits per heavy atom. The maximum Gasteiger partial charge on any atom is 0.191 e. The van der Waals surface area contributed by atoms with Gasteiger partial charge in [-0.25, -0.2) is 4.98 Å². The van der Waals surface area contributed by atoms with Crippen molar-refractivity contribution in [2.24, 2.45) is 0 Å². The van der Waals surface area contributed by atoms with Crippen molar-refractivity contribution < 1.29 is 4.42 Å². The molecule has 1 aromatic heterocycles. The molecule has 1 heterocycles. The molecule has 0 aromatic carbocycles. The second-order valence-corrected chi connectivity index (χ2v) is 1.68. The van der Waals surface area contributed by atoms with Crippen molar-refractivity contribution >= 4 is 0 Å². The number of nitrogens with zero attached hydrogens (tertiary/aromatic N) is 1. The number of oxazole rings is 1. The molecular formula is C6H7NO. The molecule has 2 nitrogen and oxygen atoms in total. The van der Waals surface area contributed by atoms with Gasteiger partial charge in [-0.2, -0.15) is 0 Å². The predicted octanol–water partition coefficient (Wildman–Crippen LogP) is 1.35. The van der Waals surface area contributed by atoms with E-state index in [2.05, 4.69) is 4.98 Å². The van der Waals surface area contributed by atoms with Crippen LogP contribution < -0.4 is 0 Å². The molecule has 0 atom stereocenters. The van der Waals surface area contributed by atoms with E-state index in [1.165, 1.54) is 0 Å². The van der Waals surface area contributed by atoms with E-state index in [4.69, 9.17) is 11.3 Å². The first-order valence-corrected chi connectivity index (χ1v) is 2.39. The molecular weight excluding hydrogens is 102 g/mol. The Labute approximate surface area is 48.5 Å². The van der Waals surface area contributed by atoms with Gasteiger partial charge in [0.25, 0.3) is 0 Å². The van der Waals surface area contributed by atoms with Gasteiger partial charge in [0, 0.05) is 13.8 Å². The fourth-order valence-electron chi connectivity index (χ4n) is 0.547. The molecule has 42 valence electrons. The molecule has 0 aliphatic carbocycles. The molecule has 0 aliphatic heterocycles. The first kappa shape index (κ1) is 5.35. The Balaban J connectivity index is 3.14. The van der Waals surface area contributed by atoms with E-state index in [0.717, 1.165) is 5.69 Å². The van der Waals surface area contributed by atoms with Crippen LogP contribution in [-0.2, 0) is 0 Å². The van der Waals surface area contributed by atoms with Gasteiger partial charge in [0.15, 0.2) is 5.89 Å². The van der Waals surface area contributed by atoms with E-state index in [-0.39, 0.29) is 0 Å². The van der Waals surface area contributed by atoms with Gasteiger partial charge in [0.05, 0.1) is 5.69 Å². The Morgan fingerprint density at radius 1 is 1.50 bits per heavy atom. The van der Waals surface area contributed by atoms with E-state index in [1.807, 2.05) is 6.92 Å². The SMILES string of the molecule is [CH]c1oc(C)nc1C. The van der Waals surface area contributed by atoms with Crippen molar-refractivity contribution in [2.75, 3.05) is 0 Å². The number of hydrogen-bond acceptors (Lipinski definition) is 2. The summed E-state index contributed by atoms with van der Waals surface area (Å²) in [5.41, 5.74) is 0.766. The van der Waals surface area contributed by atoms with Crippen molar-refractivity contribution in [2.45, 2.75) is 13.8 Å². The second kappa shape index (κ2) is 1.62. The fraction of sp³-hybridized carbons (Fsp3) is 0.333. The maximum atomic E-state index is 5.31. The minimum Gasteiger partial charge on any atom is -0.445 e. The Kier molecular flexibility index (Phi) is 1.08. The molecule has 0 saturated heterocycles. The monoisotopic (exact) mass is 109 g/mol. The Hall–Kier alpha value is -0.790. The van der Waals surface area contributed by atoms with Crippen LogP contribution >= 0.6 is 0 Å². The third-order valence-electron chi connectivity index (χ3n) is 0.939. The van der Waals surface area contributed by atoms with Crippen molar-refractivity contribution in [3.63, 3.8) is 0 Å². The van der Waals surface area contributed by atoms with Crippen molar-refractivity contribution in [1.29, 1.82) is 0 Å². The van der Waals surface area contributed by atoms with Crippen LogP contribution in [0.4, 0.5) is 0 Å². The highest BCUT2D eigenvalue weighted by atomic mass is 16.4. The van der Waals surface area contributed by atoms with Crippen molar-refractivity contribution in [3.05, 3.63) is 24.3 Å². The number of rotatable bonds is 0. The number of aryl methyl sites for hydroxylation is 2. The second-order valence-electron chi connectivity index (χ2n) is 1.68. The van der Waals surface area contributed by atoms with Gasteiger partial charge >= 0.3 is 0 Å². The minimum atomic E-state index is 0.419. The predicted molar refractivity (Wildman–Crippen MR) is 29.4 cm³/mol. The molecule has 0 amide bonds. The van der Waals surface area contributed by atoms with Crippen LogP contribution in [0.15, 0.2) is 4.42 Å². The molecule has 8 heavy (non-hydrogen) atoms.